The van der Waals surface area contributed by atoms with Gasteiger partial charge in [-0.3, -0.25) is 9.78 Å². The number of pyridine rings is 1. The summed E-state index contributed by atoms with van der Waals surface area (Å²) in [6.45, 7) is 3.61. The van der Waals surface area contributed by atoms with Gasteiger partial charge >= 0.3 is 0 Å². The van der Waals surface area contributed by atoms with Crippen LogP contribution in [0.3, 0.4) is 0 Å². The molecule has 0 bridgehead atoms. The summed E-state index contributed by atoms with van der Waals surface area (Å²) in [5, 5.41) is 3.41. The van der Waals surface area contributed by atoms with Crippen molar-refractivity contribution < 1.29 is 4.79 Å². The Hall–Kier alpha value is -2.55. The summed E-state index contributed by atoms with van der Waals surface area (Å²) in [6.07, 6.45) is 7.43. The Kier molecular flexibility index (Phi) is 7.68. The smallest absolute Gasteiger partial charge is 0.235 e. The summed E-state index contributed by atoms with van der Waals surface area (Å²) in [5.74, 6) is 1.91. The Morgan fingerprint density at radius 3 is 2.72 bits per heavy atom. The van der Waals surface area contributed by atoms with E-state index in [1.54, 1.807) is 12.4 Å². The van der Waals surface area contributed by atoms with Gasteiger partial charge in [-0.2, -0.15) is 0 Å². The normalized spacial score (nSPS) is 17.1. The number of anilines is 2. The first-order valence-corrected chi connectivity index (χ1v) is 12.4. The van der Waals surface area contributed by atoms with Crippen molar-refractivity contribution in [1.82, 2.24) is 19.9 Å². The van der Waals surface area contributed by atoms with Gasteiger partial charge in [0.25, 0.3) is 0 Å². The number of carbonyl (C=O) groups excluding carboxylic acids is 1. The van der Waals surface area contributed by atoms with Crippen molar-refractivity contribution in [2.75, 3.05) is 18.4 Å². The molecule has 1 aliphatic rings. The minimum Gasteiger partial charge on any atom is -0.341 e. The number of hydrogen-bond donors (Lipinski definition) is 1. The molecule has 0 aliphatic carbocycles. The molecule has 7 heteroatoms. The second kappa shape index (κ2) is 10.8. The summed E-state index contributed by atoms with van der Waals surface area (Å²) in [6, 6.07) is 15.9. The predicted octanol–water partition coefficient (Wildman–Crippen LogP) is 5.59. The number of carbonyl (C=O) groups is 1. The first-order valence-electron chi connectivity index (χ1n) is 11.2. The largest absolute Gasteiger partial charge is 0.341 e. The Bertz CT molecular complexity index is 1030. The summed E-state index contributed by atoms with van der Waals surface area (Å²) in [5.41, 5.74) is 2.83. The van der Waals surface area contributed by atoms with Crippen LogP contribution in [0.15, 0.2) is 60.9 Å². The molecule has 2 aromatic heterocycles. The number of piperidine rings is 1. The molecule has 0 radical (unpaired) electrons. The molecule has 166 valence electrons. The molecule has 1 aliphatic heterocycles. The lowest BCUT2D eigenvalue weighted by molar-refractivity contribution is -0.131. The van der Waals surface area contributed by atoms with E-state index >= 15 is 0 Å². The average molecular weight is 541 g/mol. The number of rotatable bonds is 7. The summed E-state index contributed by atoms with van der Waals surface area (Å²) in [7, 11) is 0. The quantitative estimate of drug-likeness (QED) is 0.312. The molecule has 1 saturated heterocycles. The molecule has 2 atom stereocenters. The van der Waals surface area contributed by atoms with Gasteiger partial charge in [0.2, 0.25) is 5.91 Å². The highest BCUT2D eigenvalue weighted by atomic mass is 127. The lowest BCUT2D eigenvalue weighted by Gasteiger charge is -2.33. The first-order chi connectivity index (χ1) is 15.6. The van der Waals surface area contributed by atoms with Gasteiger partial charge in [0.15, 0.2) is 0 Å². The van der Waals surface area contributed by atoms with E-state index < -0.39 is 0 Å². The maximum atomic E-state index is 12.9. The number of benzene rings is 1. The molecule has 3 heterocycles. The van der Waals surface area contributed by atoms with Gasteiger partial charge in [-0.25, -0.2) is 9.97 Å². The first kappa shape index (κ1) is 22.6. The minimum atomic E-state index is 0.0377. The van der Waals surface area contributed by atoms with Crippen LogP contribution in [0, 0.1) is 0 Å². The van der Waals surface area contributed by atoms with Gasteiger partial charge in [-0.05, 0) is 43.5 Å². The van der Waals surface area contributed by atoms with Crippen LogP contribution >= 0.6 is 22.6 Å². The van der Waals surface area contributed by atoms with Crippen LogP contribution in [-0.4, -0.2) is 42.8 Å². The van der Waals surface area contributed by atoms with Gasteiger partial charge in [-0.1, -0.05) is 54.1 Å². The highest BCUT2D eigenvalue weighted by Gasteiger charge is 2.29. The fraction of sp³-hybridized carbons (Fsp3) is 0.360. The maximum Gasteiger partial charge on any atom is 0.235 e. The molecule has 32 heavy (non-hydrogen) atoms. The van der Waals surface area contributed by atoms with Crippen molar-refractivity contribution in [2.45, 2.75) is 42.4 Å². The number of hydrogen-bond acceptors (Lipinski definition) is 5. The standard InChI is InChI=1S/C25H28IN5O/c1-2-7-21(26)25(32)31-15-6-8-19(17-31)24-29-22(18-11-13-27-14-12-18)16-23(30-24)28-20-9-4-3-5-10-20/h3-5,9-14,16,19,21H,2,6-8,15,17H2,1H3,(H,28,29,30). The summed E-state index contributed by atoms with van der Waals surface area (Å²) in [4.78, 5) is 28.9. The van der Waals surface area contributed by atoms with E-state index in [9.17, 15) is 4.79 Å². The third kappa shape index (κ3) is 5.62. The molecular weight excluding hydrogens is 513 g/mol. The van der Waals surface area contributed by atoms with Gasteiger partial charge in [0.1, 0.15) is 11.6 Å². The predicted molar refractivity (Wildman–Crippen MR) is 136 cm³/mol. The third-order valence-electron chi connectivity index (χ3n) is 5.67. The van der Waals surface area contributed by atoms with Crippen molar-refractivity contribution in [3.63, 3.8) is 0 Å². The van der Waals surface area contributed by atoms with E-state index in [1.807, 2.05) is 53.4 Å². The zero-order valence-electron chi connectivity index (χ0n) is 18.2. The second-order valence-corrected chi connectivity index (χ2v) is 9.61. The number of para-hydroxylation sites is 1. The maximum absolute atomic E-state index is 12.9. The highest BCUT2D eigenvalue weighted by Crippen LogP contribution is 2.30. The molecule has 1 aromatic carbocycles. The van der Waals surface area contributed by atoms with E-state index in [0.717, 1.165) is 60.8 Å². The molecule has 4 rings (SSSR count). The SMILES string of the molecule is CCCC(I)C(=O)N1CCCC(c2nc(Nc3ccccc3)cc(-c3ccncc3)n2)C1. The monoisotopic (exact) mass is 541 g/mol. The zero-order valence-corrected chi connectivity index (χ0v) is 20.4. The van der Waals surface area contributed by atoms with Crippen LogP contribution in [0.25, 0.3) is 11.3 Å². The highest BCUT2D eigenvalue weighted by molar-refractivity contribution is 14.1. The molecule has 0 saturated carbocycles. The number of amides is 1. The lowest BCUT2D eigenvalue weighted by Crippen LogP contribution is -2.43. The Morgan fingerprint density at radius 2 is 1.97 bits per heavy atom. The minimum absolute atomic E-state index is 0.0377. The fourth-order valence-electron chi connectivity index (χ4n) is 4.02. The molecule has 6 nitrogen and oxygen atoms in total. The zero-order chi connectivity index (χ0) is 22.3. The molecule has 0 spiro atoms. The number of nitrogens with zero attached hydrogens (tertiary/aromatic N) is 4. The number of halogens is 1. The second-order valence-electron chi connectivity index (χ2n) is 8.10. The summed E-state index contributed by atoms with van der Waals surface area (Å²) >= 11 is 2.28. The third-order valence-corrected chi connectivity index (χ3v) is 6.83. The number of aromatic nitrogens is 3. The topological polar surface area (TPSA) is 71.0 Å². The average Bonchev–Trinajstić information content (AvgIpc) is 2.85. The van der Waals surface area contributed by atoms with Gasteiger partial charge < -0.3 is 10.2 Å². The summed E-state index contributed by atoms with van der Waals surface area (Å²) < 4.78 is 0.0377. The Morgan fingerprint density at radius 1 is 1.19 bits per heavy atom. The Labute approximate surface area is 203 Å². The molecule has 1 amide bonds. The van der Waals surface area contributed by atoms with Crippen molar-refractivity contribution in [2.24, 2.45) is 0 Å². The van der Waals surface area contributed by atoms with E-state index in [4.69, 9.17) is 9.97 Å². The van der Waals surface area contributed by atoms with Gasteiger partial charge in [0, 0.05) is 48.7 Å². The van der Waals surface area contributed by atoms with E-state index in [-0.39, 0.29) is 15.7 Å². The Balaban J connectivity index is 1.63. The van der Waals surface area contributed by atoms with Crippen LogP contribution in [0.4, 0.5) is 11.5 Å². The van der Waals surface area contributed by atoms with Crippen molar-refractivity contribution in [3.8, 4) is 11.3 Å². The number of nitrogens with one attached hydrogen (secondary N) is 1. The van der Waals surface area contributed by atoms with Crippen molar-refractivity contribution in [3.05, 3.63) is 66.7 Å². The van der Waals surface area contributed by atoms with Crippen LogP contribution in [0.5, 0.6) is 0 Å². The molecule has 3 aromatic rings. The van der Waals surface area contributed by atoms with Gasteiger partial charge in [-0.15, -0.1) is 0 Å². The van der Waals surface area contributed by atoms with E-state index in [2.05, 4.69) is 39.8 Å². The van der Waals surface area contributed by atoms with Gasteiger partial charge in [0.05, 0.1) is 9.62 Å². The fourth-order valence-corrected chi connectivity index (χ4v) is 5.03. The van der Waals surface area contributed by atoms with Crippen LogP contribution in [0.1, 0.15) is 44.3 Å². The van der Waals surface area contributed by atoms with Crippen LogP contribution in [0.2, 0.25) is 0 Å². The molecule has 1 fully saturated rings. The lowest BCUT2D eigenvalue weighted by atomic mass is 9.96. The molecule has 2 unspecified atom stereocenters. The van der Waals surface area contributed by atoms with Crippen molar-refractivity contribution >= 4 is 40.0 Å². The van der Waals surface area contributed by atoms with Crippen LogP contribution < -0.4 is 5.32 Å². The molecular formula is C25H28IN5O. The van der Waals surface area contributed by atoms with Crippen LogP contribution in [-0.2, 0) is 4.79 Å². The van der Waals surface area contributed by atoms with E-state index in [0.29, 0.717) is 6.54 Å². The van der Waals surface area contributed by atoms with Crippen molar-refractivity contribution in [1.29, 1.82) is 0 Å². The number of likely N-dealkylation sites (tertiary alicyclic amines) is 1. The number of alkyl halides is 1. The molecule has 1 N–H and O–H groups in total. The van der Waals surface area contributed by atoms with E-state index in [1.165, 1.54) is 0 Å².